The molecule has 1 saturated heterocycles. The Balaban J connectivity index is 1.41. The maximum Gasteiger partial charge on any atom is 0.335 e. The summed E-state index contributed by atoms with van der Waals surface area (Å²) >= 11 is 8.01. The zero-order valence-corrected chi connectivity index (χ0v) is 22.2. The summed E-state index contributed by atoms with van der Waals surface area (Å²) in [5.74, 6) is 0.705. The molecule has 2 aliphatic heterocycles. The van der Waals surface area contributed by atoms with Gasteiger partial charge in [-0.15, -0.1) is 0 Å². The van der Waals surface area contributed by atoms with E-state index >= 15 is 0 Å². The van der Waals surface area contributed by atoms with Crippen molar-refractivity contribution in [3.8, 4) is 23.0 Å². The van der Waals surface area contributed by atoms with E-state index in [1.807, 2.05) is 18.2 Å². The number of nitrogens with one attached hydrogen (secondary N) is 1. The molecule has 9 nitrogen and oxygen atoms in total. The van der Waals surface area contributed by atoms with Gasteiger partial charge >= 0.3 is 6.03 Å². The van der Waals surface area contributed by atoms with E-state index in [9.17, 15) is 14.4 Å². The lowest BCUT2D eigenvalue weighted by Gasteiger charge is -2.26. The fourth-order valence-corrected chi connectivity index (χ4v) is 4.71. The Morgan fingerprint density at radius 2 is 1.81 bits per heavy atom. The second-order valence-electron chi connectivity index (χ2n) is 7.94. The molecule has 3 aromatic carbocycles. The number of halogens is 2. The second-order valence-corrected chi connectivity index (χ2v) is 9.54. The minimum atomic E-state index is -0.839. The predicted octanol–water partition coefficient (Wildman–Crippen LogP) is 4.93. The number of urea groups is 1. The van der Waals surface area contributed by atoms with E-state index in [-0.39, 0.29) is 24.7 Å². The minimum Gasteiger partial charge on any atom is -0.493 e. The van der Waals surface area contributed by atoms with Crippen LogP contribution in [0.3, 0.4) is 0 Å². The zero-order chi connectivity index (χ0) is 26.1. The number of rotatable bonds is 6. The number of barbiturate groups is 1. The Bertz CT molecular complexity index is 1460. The van der Waals surface area contributed by atoms with E-state index in [1.54, 1.807) is 24.3 Å². The number of imide groups is 2. The number of fused-ring (bicyclic) bond motifs is 1. The van der Waals surface area contributed by atoms with Crippen LogP contribution in [0, 0.1) is 3.57 Å². The molecular weight excluding hydrogens is 615 g/mol. The van der Waals surface area contributed by atoms with Crippen molar-refractivity contribution in [1.29, 1.82) is 0 Å². The molecule has 0 atom stereocenters. The summed E-state index contributed by atoms with van der Waals surface area (Å²) in [7, 11) is 1.50. The molecule has 0 radical (unpaired) electrons. The van der Waals surface area contributed by atoms with Crippen LogP contribution in [-0.2, 0) is 16.2 Å². The average molecular weight is 633 g/mol. The number of carbonyl (C=O) groups excluding carboxylic acids is 3. The van der Waals surface area contributed by atoms with Gasteiger partial charge in [-0.2, -0.15) is 0 Å². The van der Waals surface area contributed by atoms with Crippen molar-refractivity contribution in [2.45, 2.75) is 6.61 Å². The molecule has 0 saturated carbocycles. The van der Waals surface area contributed by atoms with E-state index in [4.69, 9.17) is 30.5 Å². The van der Waals surface area contributed by atoms with Gasteiger partial charge in [-0.1, -0.05) is 17.7 Å². The van der Waals surface area contributed by atoms with Crippen molar-refractivity contribution in [2.24, 2.45) is 0 Å². The third kappa shape index (κ3) is 5.07. The molecular formula is C26H18ClIN2O7. The third-order valence-corrected chi connectivity index (χ3v) is 6.62. The first-order valence-corrected chi connectivity index (χ1v) is 12.4. The van der Waals surface area contributed by atoms with Crippen molar-refractivity contribution in [3.63, 3.8) is 0 Å². The first-order valence-electron chi connectivity index (χ1n) is 10.9. The normalized spacial score (nSPS) is 15.7. The smallest absolute Gasteiger partial charge is 0.335 e. The first-order chi connectivity index (χ1) is 17.8. The number of methoxy groups -OCH3 is 1. The Hall–Kier alpha value is -3.77. The van der Waals surface area contributed by atoms with Crippen LogP contribution in [0.5, 0.6) is 23.0 Å². The fraction of sp³-hybridized carbons (Fsp3) is 0.115. The molecule has 0 aliphatic carbocycles. The van der Waals surface area contributed by atoms with Crippen LogP contribution in [0.2, 0.25) is 5.02 Å². The van der Waals surface area contributed by atoms with Crippen LogP contribution in [0.4, 0.5) is 10.5 Å². The van der Waals surface area contributed by atoms with Crippen molar-refractivity contribution in [3.05, 3.63) is 79.9 Å². The number of hydrogen-bond acceptors (Lipinski definition) is 7. The molecule has 1 N–H and O–H groups in total. The van der Waals surface area contributed by atoms with Gasteiger partial charge in [-0.25, -0.2) is 9.69 Å². The van der Waals surface area contributed by atoms with Crippen LogP contribution in [0.25, 0.3) is 6.08 Å². The molecule has 188 valence electrons. The standard InChI is InChI=1S/C26H18ClIN2O7/c1-34-22-11-15(9-19(28)23(22)35-12-14-2-7-20-21(10-14)37-13-36-20)8-18-24(31)29-26(33)30(25(18)32)17-5-3-16(27)4-6-17/h2-11H,12-13H2,1H3,(H,29,31,33)/b18-8+. The molecule has 4 amide bonds. The van der Waals surface area contributed by atoms with E-state index in [2.05, 4.69) is 27.9 Å². The minimum absolute atomic E-state index is 0.189. The summed E-state index contributed by atoms with van der Waals surface area (Å²) < 4.78 is 23.0. The number of anilines is 1. The predicted molar refractivity (Wildman–Crippen MR) is 143 cm³/mol. The molecule has 11 heteroatoms. The average Bonchev–Trinajstić information content (AvgIpc) is 3.34. The molecule has 0 unspecified atom stereocenters. The highest BCUT2D eigenvalue weighted by Crippen LogP contribution is 2.37. The summed E-state index contributed by atoms with van der Waals surface area (Å²) in [4.78, 5) is 39.0. The number of amides is 4. The van der Waals surface area contributed by atoms with E-state index in [1.165, 1.54) is 25.3 Å². The van der Waals surface area contributed by atoms with Gasteiger partial charge in [0.25, 0.3) is 11.8 Å². The summed E-state index contributed by atoms with van der Waals surface area (Å²) in [5, 5.41) is 2.65. The molecule has 3 aromatic rings. The second kappa shape index (κ2) is 10.3. The van der Waals surface area contributed by atoms with Gasteiger partial charge in [0.2, 0.25) is 6.79 Å². The largest absolute Gasteiger partial charge is 0.493 e. The molecule has 2 aliphatic rings. The van der Waals surface area contributed by atoms with Crippen molar-refractivity contribution < 1.29 is 33.3 Å². The molecule has 5 rings (SSSR count). The number of carbonyl (C=O) groups is 3. The van der Waals surface area contributed by atoms with Crippen molar-refractivity contribution in [1.82, 2.24) is 5.32 Å². The number of nitrogens with zero attached hydrogens (tertiary/aromatic N) is 1. The Kier molecular flexibility index (Phi) is 6.94. The summed E-state index contributed by atoms with van der Waals surface area (Å²) in [5.41, 5.74) is 1.47. The van der Waals surface area contributed by atoms with E-state index in [0.29, 0.717) is 37.2 Å². The lowest BCUT2D eigenvalue weighted by atomic mass is 10.1. The fourth-order valence-electron chi connectivity index (χ4n) is 3.80. The SMILES string of the molecule is COc1cc(/C=C2\C(=O)NC(=O)N(c3ccc(Cl)cc3)C2=O)cc(I)c1OCc1ccc2c(c1)OCO2. The highest BCUT2D eigenvalue weighted by Gasteiger charge is 2.36. The van der Waals surface area contributed by atoms with Crippen LogP contribution in [-0.4, -0.2) is 31.7 Å². The maximum absolute atomic E-state index is 13.1. The van der Waals surface area contributed by atoms with Gasteiger partial charge in [0.05, 0.1) is 16.4 Å². The highest BCUT2D eigenvalue weighted by molar-refractivity contribution is 14.1. The molecule has 1 fully saturated rings. The van der Waals surface area contributed by atoms with Gasteiger partial charge in [0, 0.05) is 5.02 Å². The van der Waals surface area contributed by atoms with Gasteiger partial charge in [0.15, 0.2) is 23.0 Å². The van der Waals surface area contributed by atoms with E-state index < -0.39 is 17.8 Å². The molecule has 0 spiro atoms. The van der Waals surface area contributed by atoms with Crippen LogP contribution < -0.4 is 29.2 Å². The van der Waals surface area contributed by atoms with Gasteiger partial charge in [0.1, 0.15) is 12.2 Å². The van der Waals surface area contributed by atoms with E-state index in [0.717, 1.165) is 10.5 Å². The molecule has 37 heavy (non-hydrogen) atoms. The van der Waals surface area contributed by atoms with Gasteiger partial charge in [-0.3, -0.25) is 14.9 Å². The summed E-state index contributed by atoms with van der Waals surface area (Å²) in [6.45, 7) is 0.441. The van der Waals surface area contributed by atoms with Crippen molar-refractivity contribution >= 4 is 63.8 Å². The highest BCUT2D eigenvalue weighted by atomic mass is 127. The quantitative estimate of drug-likeness (QED) is 0.234. The molecule has 2 heterocycles. The lowest BCUT2D eigenvalue weighted by molar-refractivity contribution is -0.122. The topological polar surface area (TPSA) is 103 Å². The maximum atomic E-state index is 13.1. The Morgan fingerprint density at radius 3 is 2.57 bits per heavy atom. The van der Waals surface area contributed by atoms with Crippen molar-refractivity contribution in [2.75, 3.05) is 18.8 Å². The Labute approximate surface area is 230 Å². The summed E-state index contributed by atoms with van der Waals surface area (Å²) in [6, 6.07) is 14.2. The lowest BCUT2D eigenvalue weighted by Crippen LogP contribution is -2.54. The molecule has 0 aromatic heterocycles. The Morgan fingerprint density at radius 1 is 1.05 bits per heavy atom. The zero-order valence-electron chi connectivity index (χ0n) is 19.2. The van der Waals surface area contributed by atoms with Gasteiger partial charge < -0.3 is 18.9 Å². The van der Waals surface area contributed by atoms with Crippen LogP contribution in [0.15, 0.2) is 60.2 Å². The number of hydrogen-bond donors (Lipinski definition) is 1. The molecule has 0 bridgehead atoms. The van der Waals surface area contributed by atoms with Crippen LogP contribution in [0.1, 0.15) is 11.1 Å². The number of benzene rings is 3. The van der Waals surface area contributed by atoms with Gasteiger partial charge in [-0.05, 0) is 88.3 Å². The number of ether oxygens (including phenoxy) is 4. The first kappa shape index (κ1) is 24.9. The van der Waals surface area contributed by atoms with Crippen LogP contribution >= 0.6 is 34.2 Å². The summed E-state index contributed by atoms with van der Waals surface area (Å²) in [6.07, 6.45) is 1.40. The monoisotopic (exact) mass is 632 g/mol. The third-order valence-electron chi connectivity index (χ3n) is 5.57.